The third-order valence-electron chi connectivity index (χ3n) is 3.19. The first-order chi connectivity index (χ1) is 8.58. The molecular weight excluding hydrogens is 222 g/mol. The smallest absolute Gasteiger partial charge is 0.0802 e. The molecule has 1 aromatic heterocycles. The molecule has 1 heterocycles. The van der Waals surface area contributed by atoms with Crippen LogP contribution in [-0.2, 0) is 6.54 Å². The second-order valence-corrected chi connectivity index (χ2v) is 5.04. The fourth-order valence-corrected chi connectivity index (χ4v) is 2.36. The normalized spacial score (nSPS) is 12.7. The summed E-state index contributed by atoms with van der Waals surface area (Å²) in [6, 6.07) is 8.61. The van der Waals surface area contributed by atoms with Gasteiger partial charge in [0.15, 0.2) is 0 Å². The lowest BCUT2D eigenvalue weighted by Crippen LogP contribution is -1.98. The van der Waals surface area contributed by atoms with E-state index in [4.69, 9.17) is 0 Å². The van der Waals surface area contributed by atoms with Gasteiger partial charge >= 0.3 is 0 Å². The van der Waals surface area contributed by atoms with Crippen molar-refractivity contribution in [1.29, 1.82) is 0 Å². The molecule has 0 saturated heterocycles. The van der Waals surface area contributed by atoms with E-state index >= 15 is 0 Å². The van der Waals surface area contributed by atoms with Crippen molar-refractivity contribution in [2.45, 2.75) is 39.8 Å². The zero-order chi connectivity index (χ0) is 13.1. The van der Waals surface area contributed by atoms with Crippen molar-refractivity contribution in [1.82, 2.24) is 4.57 Å². The van der Waals surface area contributed by atoms with Crippen LogP contribution in [0, 0.1) is 13.8 Å². The molecule has 1 unspecified atom stereocenters. The number of aryl methyl sites for hydroxylation is 2. The van der Waals surface area contributed by atoms with E-state index < -0.39 is 0 Å². The Bertz CT molecular complexity index is 507. The monoisotopic (exact) mass is 243 g/mol. The van der Waals surface area contributed by atoms with Crippen molar-refractivity contribution in [3.63, 3.8) is 0 Å². The minimum atomic E-state index is -0.342. The summed E-state index contributed by atoms with van der Waals surface area (Å²) in [6.07, 6.45) is 4.48. The number of aliphatic hydroxyl groups is 1. The van der Waals surface area contributed by atoms with Crippen LogP contribution in [0.15, 0.2) is 36.7 Å². The van der Waals surface area contributed by atoms with Crippen molar-refractivity contribution >= 4 is 0 Å². The Morgan fingerprint density at radius 1 is 1.17 bits per heavy atom. The zero-order valence-corrected chi connectivity index (χ0v) is 11.4. The molecule has 2 aromatic rings. The summed E-state index contributed by atoms with van der Waals surface area (Å²) in [6.45, 7) is 7.10. The molecule has 1 aromatic carbocycles. The molecule has 0 aliphatic rings. The number of hydrogen-bond acceptors (Lipinski definition) is 1. The van der Waals surface area contributed by atoms with Crippen molar-refractivity contribution in [3.05, 3.63) is 58.9 Å². The van der Waals surface area contributed by atoms with Gasteiger partial charge in [-0.2, -0.15) is 0 Å². The van der Waals surface area contributed by atoms with Crippen LogP contribution in [0.25, 0.3) is 0 Å². The van der Waals surface area contributed by atoms with Gasteiger partial charge in [-0.15, -0.1) is 0 Å². The van der Waals surface area contributed by atoms with Gasteiger partial charge in [0, 0.05) is 18.9 Å². The van der Waals surface area contributed by atoms with E-state index in [1.54, 1.807) is 0 Å². The second kappa shape index (κ2) is 5.40. The maximum absolute atomic E-state index is 9.78. The van der Waals surface area contributed by atoms with E-state index in [9.17, 15) is 5.11 Å². The van der Waals surface area contributed by atoms with E-state index in [0.29, 0.717) is 0 Å². The van der Waals surface area contributed by atoms with Gasteiger partial charge in [0.2, 0.25) is 0 Å². The van der Waals surface area contributed by atoms with Crippen LogP contribution in [-0.4, -0.2) is 9.67 Å². The first-order valence-corrected chi connectivity index (χ1v) is 6.49. The minimum absolute atomic E-state index is 0.342. The fraction of sp³-hybridized carbons (Fsp3) is 0.375. The van der Waals surface area contributed by atoms with Gasteiger partial charge in [-0.05, 0) is 37.5 Å². The number of aromatic nitrogens is 1. The number of benzene rings is 1. The van der Waals surface area contributed by atoms with Crippen LogP contribution < -0.4 is 0 Å². The van der Waals surface area contributed by atoms with E-state index in [1.165, 1.54) is 16.7 Å². The topological polar surface area (TPSA) is 25.2 Å². The van der Waals surface area contributed by atoms with Crippen LogP contribution in [0.5, 0.6) is 0 Å². The Balaban J connectivity index is 2.16. The average molecular weight is 243 g/mol. The SMILES string of the molecule is CCC(O)c1ccn(Cc2cc(C)cc(C)c2)c1. The third-order valence-corrected chi connectivity index (χ3v) is 3.19. The summed E-state index contributed by atoms with van der Waals surface area (Å²) in [5.74, 6) is 0. The molecule has 18 heavy (non-hydrogen) atoms. The molecule has 96 valence electrons. The fourth-order valence-electron chi connectivity index (χ4n) is 2.36. The van der Waals surface area contributed by atoms with Crippen LogP contribution >= 0.6 is 0 Å². The lowest BCUT2D eigenvalue weighted by Gasteiger charge is -2.07. The molecule has 0 radical (unpaired) electrons. The predicted octanol–water partition coefficient (Wildman–Crippen LogP) is 3.60. The van der Waals surface area contributed by atoms with E-state index in [0.717, 1.165) is 18.5 Å². The third kappa shape index (κ3) is 3.02. The molecule has 0 fully saturated rings. The Hall–Kier alpha value is -1.54. The molecule has 0 amide bonds. The van der Waals surface area contributed by atoms with Crippen LogP contribution in [0.2, 0.25) is 0 Å². The predicted molar refractivity (Wildman–Crippen MR) is 74.7 cm³/mol. The quantitative estimate of drug-likeness (QED) is 0.872. The largest absolute Gasteiger partial charge is 0.388 e. The van der Waals surface area contributed by atoms with Gasteiger partial charge in [0.25, 0.3) is 0 Å². The standard InChI is InChI=1S/C16H21NO/c1-4-16(18)15-5-6-17(11-15)10-14-8-12(2)7-13(3)9-14/h5-9,11,16,18H,4,10H2,1-3H3. The molecule has 2 rings (SSSR count). The first kappa shape index (κ1) is 12.9. The molecule has 0 aliphatic heterocycles. The highest BCUT2D eigenvalue weighted by Gasteiger charge is 2.06. The lowest BCUT2D eigenvalue weighted by molar-refractivity contribution is 0.173. The highest BCUT2D eigenvalue weighted by atomic mass is 16.3. The number of nitrogens with zero attached hydrogens (tertiary/aromatic N) is 1. The van der Waals surface area contributed by atoms with Gasteiger partial charge in [0.1, 0.15) is 0 Å². The summed E-state index contributed by atoms with van der Waals surface area (Å²) in [7, 11) is 0. The van der Waals surface area contributed by atoms with Crippen LogP contribution in [0.3, 0.4) is 0 Å². The van der Waals surface area contributed by atoms with Crippen molar-refractivity contribution < 1.29 is 5.11 Å². The average Bonchev–Trinajstić information content (AvgIpc) is 2.75. The summed E-state index contributed by atoms with van der Waals surface area (Å²) in [5.41, 5.74) is 4.90. The number of rotatable bonds is 4. The van der Waals surface area contributed by atoms with E-state index in [1.807, 2.05) is 25.4 Å². The van der Waals surface area contributed by atoms with Crippen molar-refractivity contribution in [2.75, 3.05) is 0 Å². The van der Waals surface area contributed by atoms with E-state index in [-0.39, 0.29) is 6.10 Å². The molecular formula is C16H21NO. The van der Waals surface area contributed by atoms with Crippen molar-refractivity contribution in [2.24, 2.45) is 0 Å². The molecule has 0 bridgehead atoms. The molecule has 0 aliphatic carbocycles. The molecule has 2 heteroatoms. The molecule has 1 atom stereocenters. The van der Waals surface area contributed by atoms with Gasteiger partial charge in [-0.1, -0.05) is 36.2 Å². The lowest BCUT2D eigenvalue weighted by atomic mass is 10.1. The maximum Gasteiger partial charge on any atom is 0.0802 e. The van der Waals surface area contributed by atoms with Crippen molar-refractivity contribution in [3.8, 4) is 0 Å². The minimum Gasteiger partial charge on any atom is -0.388 e. The second-order valence-electron chi connectivity index (χ2n) is 5.04. The highest BCUT2D eigenvalue weighted by molar-refractivity contribution is 5.29. The molecule has 0 saturated carbocycles. The highest BCUT2D eigenvalue weighted by Crippen LogP contribution is 2.17. The Morgan fingerprint density at radius 3 is 2.44 bits per heavy atom. The zero-order valence-electron chi connectivity index (χ0n) is 11.4. The molecule has 1 N–H and O–H groups in total. The summed E-state index contributed by atoms with van der Waals surface area (Å²) < 4.78 is 2.13. The summed E-state index contributed by atoms with van der Waals surface area (Å²) in [5, 5.41) is 9.78. The Morgan fingerprint density at radius 2 is 1.83 bits per heavy atom. The van der Waals surface area contributed by atoms with Gasteiger partial charge in [0.05, 0.1) is 6.10 Å². The van der Waals surface area contributed by atoms with Gasteiger partial charge < -0.3 is 9.67 Å². The maximum atomic E-state index is 9.78. The Labute approximate surface area is 109 Å². The van der Waals surface area contributed by atoms with Crippen LogP contribution in [0.4, 0.5) is 0 Å². The summed E-state index contributed by atoms with van der Waals surface area (Å²) in [4.78, 5) is 0. The molecule has 0 spiro atoms. The van der Waals surface area contributed by atoms with E-state index in [2.05, 4.69) is 36.6 Å². The molecule has 2 nitrogen and oxygen atoms in total. The summed E-state index contributed by atoms with van der Waals surface area (Å²) >= 11 is 0. The Kier molecular flexibility index (Phi) is 3.87. The number of aliphatic hydroxyl groups excluding tert-OH is 1. The van der Waals surface area contributed by atoms with Crippen LogP contribution in [0.1, 0.15) is 41.7 Å². The van der Waals surface area contributed by atoms with Gasteiger partial charge in [-0.3, -0.25) is 0 Å². The first-order valence-electron chi connectivity index (χ1n) is 6.49. The number of hydrogen-bond donors (Lipinski definition) is 1. The van der Waals surface area contributed by atoms with Gasteiger partial charge in [-0.25, -0.2) is 0 Å².